The number of rotatable bonds is 25. The third kappa shape index (κ3) is 15.5. The van der Waals surface area contributed by atoms with Crippen LogP contribution in [0.5, 0.6) is 28.7 Å². The molecule has 0 unspecified atom stereocenters. The second-order valence-corrected chi connectivity index (χ2v) is 14.4. The molecule has 0 bridgehead atoms. The zero-order valence-corrected chi connectivity index (χ0v) is 37.1. The maximum atomic E-state index is 13.6. The van der Waals surface area contributed by atoms with Crippen molar-refractivity contribution in [2.24, 2.45) is 5.10 Å². The van der Waals surface area contributed by atoms with E-state index >= 15 is 0 Å². The molecule has 1 N–H and O–H groups in total. The zero-order valence-electron chi connectivity index (χ0n) is 35.5. The van der Waals surface area contributed by atoms with Gasteiger partial charge in [-0.05, 0) is 72.3 Å². The van der Waals surface area contributed by atoms with Crippen LogP contribution in [0.2, 0.25) is 5.02 Å². The van der Waals surface area contributed by atoms with Crippen LogP contribution in [-0.2, 0) is 49.3 Å². The summed E-state index contributed by atoms with van der Waals surface area (Å²) in [7, 11) is 0. The van der Waals surface area contributed by atoms with Gasteiger partial charge in [-0.15, -0.1) is 0 Å². The summed E-state index contributed by atoms with van der Waals surface area (Å²) in [5, 5.41) is 5.33. The van der Waals surface area contributed by atoms with Crippen molar-refractivity contribution < 1.29 is 76.1 Å². The first kappa shape index (κ1) is 49.8. The highest BCUT2D eigenvalue weighted by Gasteiger charge is 2.18. The molecular weight excluding hydrogens is 918 g/mol. The average Bonchev–Trinajstić information content (AvgIpc) is 3.74. The Morgan fingerprint density at radius 1 is 0.657 bits per heavy atom. The lowest BCUT2D eigenvalue weighted by Gasteiger charge is -2.14. The van der Waals surface area contributed by atoms with Crippen molar-refractivity contribution in [3.05, 3.63) is 138 Å². The maximum Gasteiger partial charge on any atom is 0.343 e. The molecule has 21 heteroatoms. The highest BCUT2D eigenvalue weighted by molar-refractivity contribution is 7.22. The Hall–Kier alpha value is -8.23. The number of hydrogen-bond acceptors (Lipinski definition) is 20. The molecule has 0 spiro atoms. The second kappa shape index (κ2) is 25.3. The van der Waals surface area contributed by atoms with Crippen molar-refractivity contribution in [3.63, 3.8) is 0 Å². The Morgan fingerprint density at radius 3 is 1.79 bits per heavy atom. The number of aromatic nitrogens is 1. The smallest absolute Gasteiger partial charge is 0.343 e. The van der Waals surface area contributed by atoms with E-state index in [1.54, 1.807) is 37.3 Å². The summed E-state index contributed by atoms with van der Waals surface area (Å²) < 4.78 is 53.8. The molecular formula is C46H40ClN3O16S. The Kier molecular flexibility index (Phi) is 18.8. The largest absolute Gasteiger partial charge is 0.462 e. The van der Waals surface area contributed by atoms with Crippen LogP contribution in [0.1, 0.15) is 45.2 Å². The SMILES string of the molecule is C=CC(=O)OCOc1ccc(C(=O)OCCc2ccc(OC(=O)c3ccc(OCOC(=O)CC)c(OCOC(=O)C=C)c3)c(/C=N/Nc3nc4ccc(Cl)cc4s3)c2)cc1OCOC(=O)C=C. The summed E-state index contributed by atoms with van der Waals surface area (Å²) in [6.45, 7) is 9.37. The van der Waals surface area contributed by atoms with Gasteiger partial charge in [0, 0.05) is 41.7 Å². The molecule has 5 rings (SSSR count). The third-order valence-electron chi connectivity index (χ3n) is 8.44. The van der Waals surface area contributed by atoms with Gasteiger partial charge in [0.1, 0.15) is 5.75 Å². The number of ether oxygens (including phenoxy) is 10. The summed E-state index contributed by atoms with van der Waals surface area (Å²) in [6, 6.07) is 18.2. The van der Waals surface area contributed by atoms with Crippen LogP contribution in [0.4, 0.5) is 5.13 Å². The number of esters is 6. The second-order valence-electron chi connectivity index (χ2n) is 12.9. The molecule has 1 heterocycles. The van der Waals surface area contributed by atoms with Gasteiger partial charge in [-0.25, -0.2) is 29.0 Å². The van der Waals surface area contributed by atoms with Gasteiger partial charge in [0.25, 0.3) is 0 Å². The lowest BCUT2D eigenvalue weighted by molar-refractivity contribution is -0.150. The fourth-order valence-electron chi connectivity index (χ4n) is 5.18. The highest BCUT2D eigenvalue weighted by atomic mass is 35.5. The van der Waals surface area contributed by atoms with Crippen LogP contribution in [0.3, 0.4) is 0 Å². The van der Waals surface area contributed by atoms with Gasteiger partial charge in [-0.2, -0.15) is 5.10 Å². The van der Waals surface area contributed by atoms with Gasteiger partial charge in [0.2, 0.25) is 32.3 Å². The lowest BCUT2D eigenvalue weighted by atomic mass is 10.1. The molecule has 0 saturated heterocycles. The Bertz CT molecular complexity index is 2680. The van der Waals surface area contributed by atoms with Crippen molar-refractivity contribution in [1.82, 2.24) is 4.98 Å². The highest BCUT2D eigenvalue weighted by Crippen LogP contribution is 2.32. The van der Waals surface area contributed by atoms with Gasteiger partial charge in [-0.3, -0.25) is 10.2 Å². The van der Waals surface area contributed by atoms with Crippen LogP contribution in [0.25, 0.3) is 10.2 Å². The molecule has 0 aliphatic rings. The number of halogens is 1. The first-order chi connectivity index (χ1) is 32.4. The number of hydrazone groups is 1. The van der Waals surface area contributed by atoms with Gasteiger partial charge in [0.15, 0.2) is 23.0 Å². The molecule has 0 fully saturated rings. The Balaban J connectivity index is 1.33. The molecule has 0 aliphatic heterocycles. The topological polar surface area (TPSA) is 232 Å². The van der Waals surface area contributed by atoms with Crippen LogP contribution in [0, 0.1) is 0 Å². The van der Waals surface area contributed by atoms with Crippen molar-refractivity contribution >= 4 is 80.3 Å². The summed E-state index contributed by atoms with van der Waals surface area (Å²) in [4.78, 5) is 77.6. The fourth-order valence-corrected chi connectivity index (χ4v) is 6.27. The minimum Gasteiger partial charge on any atom is -0.462 e. The van der Waals surface area contributed by atoms with E-state index in [0.717, 1.165) is 22.9 Å². The molecule has 348 valence electrons. The van der Waals surface area contributed by atoms with E-state index in [-0.39, 0.29) is 59.3 Å². The quantitative estimate of drug-likeness (QED) is 0.0113. The number of fused-ring (bicyclic) bond motifs is 1. The summed E-state index contributed by atoms with van der Waals surface area (Å²) in [6.07, 6.45) is 4.55. The van der Waals surface area contributed by atoms with Gasteiger partial charge < -0.3 is 47.4 Å². The molecule has 1 aromatic heterocycles. The Labute approximate surface area is 391 Å². The number of hydrogen-bond donors (Lipinski definition) is 1. The van der Waals surface area contributed by atoms with Crippen molar-refractivity contribution in [2.75, 3.05) is 39.2 Å². The van der Waals surface area contributed by atoms with Crippen LogP contribution in [0.15, 0.2) is 116 Å². The minimum absolute atomic E-state index is 0.00449. The van der Waals surface area contributed by atoms with E-state index in [1.807, 2.05) is 0 Å². The van der Waals surface area contributed by atoms with E-state index in [2.05, 4.69) is 35.2 Å². The number of nitrogens with zero attached hydrogens (tertiary/aromatic N) is 2. The normalized spacial score (nSPS) is 10.5. The number of thiazole rings is 1. The molecule has 0 aliphatic carbocycles. The van der Waals surface area contributed by atoms with Crippen LogP contribution >= 0.6 is 22.9 Å². The lowest BCUT2D eigenvalue weighted by Crippen LogP contribution is -2.14. The standard InChI is InChI=1S/C46H40ClN3O16S/c1-5-40(51)62-24-58-35-15-10-29(20-37(35)60-26-64-42(53)7-3)44(55)57-18-17-28-9-14-34(31(19-28)23-48-50-46-49-33-13-12-32(47)22-39(33)67-46)66-45(56)30-11-16-36(59-25-63-41(52)6-2)38(21-30)61-27-65-43(54)8-4/h5,7-16,19-23H,1,3-4,6,17-18,24-27H2,2H3,(H,49,50)/b48-23+. The van der Waals surface area contributed by atoms with Gasteiger partial charge in [-0.1, -0.05) is 55.7 Å². The molecule has 67 heavy (non-hydrogen) atoms. The summed E-state index contributed by atoms with van der Waals surface area (Å²) in [5.74, 6) is -4.22. The van der Waals surface area contributed by atoms with E-state index < -0.39 is 63.0 Å². The van der Waals surface area contributed by atoms with Gasteiger partial charge in [0.05, 0.1) is 34.2 Å². The van der Waals surface area contributed by atoms with Crippen molar-refractivity contribution in [2.45, 2.75) is 19.8 Å². The molecule has 0 saturated carbocycles. The Morgan fingerprint density at radius 2 is 1.21 bits per heavy atom. The van der Waals surface area contributed by atoms with Crippen molar-refractivity contribution in [3.8, 4) is 28.7 Å². The van der Waals surface area contributed by atoms with Gasteiger partial charge >= 0.3 is 35.8 Å². The summed E-state index contributed by atoms with van der Waals surface area (Å²) >= 11 is 7.46. The van der Waals surface area contributed by atoms with Crippen LogP contribution < -0.4 is 29.1 Å². The fraction of sp³-hybridized carbons (Fsp3) is 0.174. The molecule has 0 radical (unpaired) electrons. The third-order valence-corrected chi connectivity index (χ3v) is 9.60. The molecule has 5 aromatic rings. The molecule has 4 aromatic carbocycles. The first-order valence-corrected chi connectivity index (χ1v) is 20.8. The van der Waals surface area contributed by atoms with E-state index in [9.17, 15) is 28.8 Å². The monoisotopic (exact) mass is 957 g/mol. The predicted octanol–water partition coefficient (Wildman–Crippen LogP) is 7.50. The van der Waals surface area contributed by atoms with Crippen LogP contribution in [-0.4, -0.2) is 80.8 Å². The summed E-state index contributed by atoms with van der Waals surface area (Å²) in [5.41, 5.74) is 4.59. The average molecular weight is 958 g/mol. The van der Waals surface area contributed by atoms with E-state index in [1.165, 1.54) is 60.0 Å². The minimum atomic E-state index is -0.833. The zero-order chi connectivity index (χ0) is 48.1. The van der Waals surface area contributed by atoms with Crippen molar-refractivity contribution in [1.29, 1.82) is 0 Å². The number of anilines is 1. The number of carbonyl (C=O) groups is 6. The number of carbonyl (C=O) groups excluding carboxylic acids is 6. The molecule has 0 amide bonds. The first-order valence-electron chi connectivity index (χ1n) is 19.6. The maximum absolute atomic E-state index is 13.6. The molecule has 0 atom stereocenters. The number of nitrogens with one attached hydrogen (secondary N) is 1. The number of benzene rings is 4. The predicted molar refractivity (Wildman–Crippen MR) is 241 cm³/mol. The van der Waals surface area contributed by atoms with E-state index in [4.69, 9.17) is 59.0 Å². The van der Waals surface area contributed by atoms with E-state index in [0.29, 0.717) is 26.8 Å². The molecule has 19 nitrogen and oxygen atoms in total.